The van der Waals surface area contributed by atoms with Gasteiger partial charge >= 0.3 is 0 Å². The normalized spacial score (nSPS) is 16.4. The molecule has 0 bridgehead atoms. The number of methoxy groups -OCH3 is 1. The molecule has 0 aliphatic carbocycles. The molecule has 1 aromatic heterocycles. The third-order valence-electron chi connectivity index (χ3n) is 4.20. The number of nitrogens with zero attached hydrogens (tertiary/aromatic N) is 3. The van der Waals surface area contributed by atoms with Gasteiger partial charge in [0.15, 0.2) is 0 Å². The molecule has 0 amide bonds. The van der Waals surface area contributed by atoms with Crippen molar-refractivity contribution in [3.8, 4) is 0 Å². The second-order valence-electron chi connectivity index (χ2n) is 5.84. The van der Waals surface area contributed by atoms with Gasteiger partial charge in [0.1, 0.15) is 5.82 Å². The van der Waals surface area contributed by atoms with E-state index in [4.69, 9.17) is 4.74 Å². The molecular formula is C16H28N4O. The van der Waals surface area contributed by atoms with E-state index in [1.165, 1.54) is 18.4 Å². The molecule has 1 N–H and O–H groups in total. The van der Waals surface area contributed by atoms with Crippen molar-refractivity contribution in [2.24, 2.45) is 0 Å². The first kappa shape index (κ1) is 16.2. The lowest BCUT2D eigenvalue weighted by molar-refractivity contribution is 0.191. The minimum atomic E-state index is 0.690. The second kappa shape index (κ2) is 8.32. The molecule has 0 atom stereocenters. The van der Waals surface area contributed by atoms with Gasteiger partial charge in [0.05, 0.1) is 6.61 Å². The van der Waals surface area contributed by atoms with Gasteiger partial charge in [0.25, 0.3) is 0 Å². The van der Waals surface area contributed by atoms with Crippen molar-refractivity contribution in [2.45, 2.75) is 25.4 Å². The maximum Gasteiger partial charge on any atom is 0.128 e. The number of anilines is 1. The zero-order valence-corrected chi connectivity index (χ0v) is 13.5. The Morgan fingerprint density at radius 2 is 2.05 bits per heavy atom. The van der Waals surface area contributed by atoms with Crippen molar-refractivity contribution in [2.75, 3.05) is 52.3 Å². The van der Waals surface area contributed by atoms with Gasteiger partial charge in [-0.05, 0) is 44.6 Å². The number of likely N-dealkylation sites (N-methyl/N-ethyl adjacent to an activating group) is 1. The first-order valence-electron chi connectivity index (χ1n) is 7.76. The van der Waals surface area contributed by atoms with Crippen LogP contribution >= 0.6 is 0 Å². The Balaban J connectivity index is 1.86. The second-order valence-corrected chi connectivity index (χ2v) is 5.84. The fourth-order valence-corrected chi connectivity index (χ4v) is 2.74. The number of hydrogen-bond acceptors (Lipinski definition) is 5. The van der Waals surface area contributed by atoms with Crippen LogP contribution in [0.1, 0.15) is 18.4 Å². The van der Waals surface area contributed by atoms with Crippen molar-refractivity contribution in [3.63, 3.8) is 0 Å². The Morgan fingerprint density at radius 3 is 2.67 bits per heavy atom. The lowest BCUT2D eigenvalue weighted by Crippen LogP contribution is -2.40. The summed E-state index contributed by atoms with van der Waals surface area (Å²) in [6, 6.07) is 4.97. The molecule has 0 aromatic carbocycles. The van der Waals surface area contributed by atoms with Crippen molar-refractivity contribution in [1.29, 1.82) is 0 Å². The molecule has 5 nitrogen and oxygen atoms in total. The van der Waals surface area contributed by atoms with Gasteiger partial charge in [-0.25, -0.2) is 4.98 Å². The van der Waals surface area contributed by atoms with Crippen LogP contribution in [-0.4, -0.2) is 63.4 Å². The van der Waals surface area contributed by atoms with E-state index in [9.17, 15) is 0 Å². The molecular weight excluding hydrogens is 264 g/mol. The molecule has 2 rings (SSSR count). The van der Waals surface area contributed by atoms with Crippen LogP contribution in [0.3, 0.4) is 0 Å². The average Bonchev–Trinajstić information content (AvgIpc) is 2.54. The Kier molecular flexibility index (Phi) is 6.42. The van der Waals surface area contributed by atoms with Crippen LogP contribution in [0.15, 0.2) is 18.3 Å². The van der Waals surface area contributed by atoms with Gasteiger partial charge in [0, 0.05) is 39.5 Å². The summed E-state index contributed by atoms with van der Waals surface area (Å²) in [7, 11) is 5.98. The molecule has 5 heteroatoms. The highest BCUT2D eigenvalue weighted by Crippen LogP contribution is 2.15. The number of ether oxygens (including phenoxy) is 1. The van der Waals surface area contributed by atoms with Crippen molar-refractivity contribution < 1.29 is 4.74 Å². The molecule has 21 heavy (non-hydrogen) atoms. The smallest absolute Gasteiger partial charge is 0.128 e. The number of pyridine rings is 1. The molecule has 1 aromatic rings. The van der Waals surface area contributed by atoms with E-state index in [1.807, 2.05) is 13.2 Å². The minimum absolute atomic E-state index is 0.690. The summed E-state index contributed by atoms with van der Waals surface area (Å²) in [4.78, 5) is 9.13. The summed E-state index contributed by atoms with van der Waals surface area (Å²) in [5.41, 5.74) is 1.28. The highest BCUT2D eigenvalue weighted by molar-refractivity contribution is 5.38. The van der Waals surface area contributed by atoms with Crippen LogP contribution in [0.2, 0.25) is 0 Å². The van der Waals surface area contributed by atoms with Crippen LogP contribution in [0.25, 0.3) is 0 Å². The van der Waals surface area contributed by atoms with E-state index in [0.717, 1.165) is 38.6 Å². The summed E-state index contributed by atoms with van der Waals surface area (Å²) >= 11 is 0. The van der Waals surface area contributed by atoms with E-state index < -0.39 is 0 Å². The number of rotatable bonds is 7. The molecule has 1 aliphatic rings. The van der Waals surface area contributed by atoms with Crippen molar-refractivity contribution in [1.82, 2.24) is 15.2 Å². The highest BCUT2D eigenvalue weighted by Gasteiger charge is 2.17. The maximum atomic E-state index is 5.10. The molecule has 2 heterocycles. The quantitative estimate of drug-likeness (QED) is 0.821. The van der Waals surface area contributed by atoms with Crippen LogP contribution in [0.4, 0.5) is 5.82 Å². The van der Waals surface area contributed by atoms with E-state index in [0.29, 0.717) is 6.04 Å². The van der Waals surface area contributed by atoms with Crippen molar-refractivity contribution in [3.05, 3.63) is 23.9 Å². The van der Waals surface area contributed by atoms with Crippen LogP contribution in [-0.2, 0) is 11.3 Å². The van der Waals surface area contributed by atoms with Crippen LogP contribution < -0.4 is 10.2 Å². The zero-order chi connectivity index (χ0) is 15.1. The first-order valence-corrected chi connectivity index (χ1v) is 7.76. The van der Waals surface area contributed by atoms with E-state index in [1.54, 1.807) is 7.11 Å². The van der Waals surface area contributed by atoms with Gasteiger partial charge in [-0.3, -0.25) is 4.90 Å². The minimum Gasteiger partial charge on any atom is -0.383 e. The Morgan fingerprint density at radius 1 is 1.29 bits per heavy atom. The molecule has 118 valence electrons. The van der Waals surface area contributed by atoms with Gasteiger partial charge in [-0.2, -0.15) is 0 Å². The fourth-order valence-electron chi connectivity index (χ4n) is 2.74. The first-order chi connectivity index (χ1) is 10.2. The third-order valence-corrected chi connectivity index (χ3v) is 4.20. The standard InChI is InChI=1S/C16H28N4O/c1-19(10-11-21-3)16-5-4-14(12-18-16)13-20(2)15-6-8-17-9-7-15/h4-5,12,15,17H,6-11,13H2,1-3H3. The maximum absolute atomic E-state index is 5.10. The number of piperidine rings is 1. The molecule has 1 saturated heterocycles. The van der Waals surface area contributed by atoms with Crippen LogP contribution in [0.5, 0.6) is 0 Å². The third kappa shape index (κ3) is 4.95. The van der Waals surface area contributed by atoms with Gasteiger partial charge in [-0.15, -0.1) is 0 Å². The fraction of sp³-hybridized carbons (Fsp3) is 0.688. The lowest BCUT2D eigenvalue weighted by Gasteiger charge is -2.31. The molecule has 0 saturated carbocycles. The molecule has 1 fully saturated rings. The monoisotopic (exact) mass is 292 g/mol. The molecule has 1 aliphatic heterocycles. The van der Waals surface area contributed by atoms with Crippen molar-refractivity contribution >= 4 is 5.82 Å². The topological polar surface area (TPSA) is 40.6 Å². The Bertz CT molecular complexity index is 403. The molecule has 0 unspecified atom stereocenters. The predicted molar refractivity (Wildman–Crippen MR) is 86.7 cm³/mol. The van der Waals surface area contributed by atoms with Crippen LogP contribution in [0, 0.1) is 0 Å². The van der Waals surface area contributed by atoms with Gasteiger partial charge < -0.3 is 15.0 Å². The van der Waals surface area contributed by atoms with E-state index >= 15 is 0 Å². The lowest BCUT2D eigenvalue weighted by atomic mass is 10.0. The number of aromatic nitrogens is 1. The SMILES string of the molecule is COCCN(C)c1ccc(CN(C)C2CCNCC2)cn1. The summed E-state index contributed by atoms with van der Waals surface area (Å²) in [5.74, 6) is 1.00. The number of nitrogens with one attached hydrogen (secondary N) is 1. The largest absolute Gasteiger partial charge is 0.383 e. The summed E-state index contributed by atoms with van der Waals surface area (Å²) in [5, 5.41) is 3.42. The average molecular weight is 292 g/mol. The Hall–Kier alpha value is -1.17. The molecule has 0 radical (unpaired) electrons. The van der Waals surface area contributed by atoms with E-state index in [2.05, 4.69) is 39.3 Å². The summed E-state index contributed by atoms with van der Waals surface area (Å²) in [6.45, 7) is 4.82. The summed E-state index contributed by atoms with van der Waals surface area (Å²) in [6.07, 6.45) is 4.47. The van der Waals surface area contributed by atoms with Gasteiger partial charge in [-0.1, -0.05) is 6.07 Å². The predicted octanol–water partition coefficient (Wildman–Crippen LogP) is 1.35. The van der Waals surface area contributed by atoms with Gasteiger partial charge in [0.2, 0.25) is 0 Å². The number of hydrogen-bond donors (Lipinski definition) is 1. The Labute approximate surface area is 128 Å². The zero-order valence-electron chi connectivity index (χ0n) is 13.5. The highest BCUT2D eigenvalue weighted by atomic mass is 16.5. The molecule has 0 spiro atoms. The summed E-state index contributed by atoms with van der Waals surface area (Å²) < 4.78 is 5.10. The van der Waals surface area contributed by atoms with E-state index in [-0.39, 0.29) is 0 Å².